The van der Waals surface area contributed by atoms with Gasteiger partial charge in [-0.2, -0.15) is 0 Å². The number of carbonyl (C=O) groups excluding carboxylic acids is 2. The van der Waals surface area contributed by atoms with Gasteiger partial charge in [-0.05, 0) is 42.8 Å². The van der Waals surface area contributed by atoms with Crippen molar-refractivity contribution in [3.05, 3.63) is 78.1 Å². The van der Waals surface area contributed by atoms with Crippen molar-refractivity contribution in [2.45, 2.75) is 19.6 Å². The van der Waals surface area contributed by atoms with Crippen LogP contribution in [0, 0.1) is 5.82 Å². The molecule has 2 aromatic rings. The molecule has 0 saturated heterocycles. The average molecular weight is 357 g/mol. The summed E-state index contributed by atoms with van der Waals surface area (Å²) in [5, 5.41) is 2.56. The summed E-state index contributed by atoms with van der Waals surface area (Å²) in [7, 11) is 0. The lowest BCUT2D eigenvalue weighted by Crippen LogP contribution is -2.35. The number of nitrogens with one attached hydrogen (secondary N) is 1. The van der Waals surface area contributed by atoms with Crippen LogP contribution in [0.1, 0.15) is 22.8 Å². The minimum absolute atomic E-state index is 0.235. The first kappa shape index (κ1) is 19.2. The molecule has 0 aliphatic rings. The number of amides is 1. The standard InChI is InChI=1S/C20H20FNO4/c1-3-11-22-19(23)14(2)26-20(24)16-5-4-6-18(12-16)25-13-15-7-9-17(21)10-8-15/h3-10,12,14H,1,11,13H2,2H3,(H,22,23). The van der Waals surface area contributed by atoms with E-state index in [1.165, 1.54) is 31.2 Å². The van der Waals surface area contributed by atoms with Crippen LogP contribution < -0.4 is 10.1 Å². The van der Waals surface area contributed by atoms with Crippen LogP contribution in [0.15, 0.2) is 61.2 Å². The normalized spacial score (nSPS) is 11.3. The molecule has 0 spiro atoms. The minimum Gasteiger partial charge on any atom is -0.489 e. The summed E-state index contributed by atoms with van der Waals surface area (Å²) in [5.41, 5.74) is 1.07. The lowest BCUT2D eigenvalue weighted by molar-refractivity contribution is -0.128. The first-order valence-electron chi connectivity index (χ1n) is 8.06. The third kappa shape index (κ3) is 5.73. The molecule has 0 radical (unpaired) electrons. The van der Waals surface area contributed by atoms with Crippen molar-refractivity contribution < 1.29 is 23.5 Å². The Morgan fingerprint density at radius 1 is 1.23 bits per heavy atom. The number of benzene rings is 2. The fourth-order valence-corrected chi connectivity index (χ4v) is 2.06. The van der Waals surface area contributed by atoms with E-state index in [0.717, 1.165) is 5.56 Å². The highest BCUT2D eigenvalue weighted by molar-refractivity contribution is 5.92. The summed E-state index contributed by atoms with van der Waals surface area (Å²) >= 11 is 0. The number of hydrogen-bond acceptors (Lipinski definition) is 4. The number of halogens is 1. The summed E-state index contributed by atoms with van der Waals surface area (Å²) in [6, 6.07) is 12.4. The number of hydrogen-bond donors (Lipinski definition) is 1. The Morgan fingerprint density at radius 3 is 2.65 bits per heavy atom. The van der Waals surface area contributed by atoms with Crippen LogP contribution in [0.4, 0.5) is 4.39 Å². The molecule has 0 aliphatic heterocycles. The lowest BCUT2D eigenvalue weighted by atomic mass is 10.2. The van der Waals surface area contributed by atoms with Crippen LogP contribution in [0.2, 0.25) is 0 Å². The number of ether oxygens (including phenoxy) is 2. The van der Waals surface area contributed by atoms with Gasteiger partial charge in [-0.25, -0.2) is 9.18 Å². The second-order valence-electron chi connectivity index (χ2n) is 5.52. The van der Waals surface area contributed by atoms with E-state index < -0.39 is 18.0 Å². The van der Waals surface area contributed by atoms with Gasteiger partial charge in [-0.3, -0.25) is 4.79 Å². The SMILES string of the molecule is C=CCNC(=O)C(C)OC(=O)c1cccc(OCc2ccc(F)cc2)c1. The van der Waals surface area contributed by atoms with E-state index in [0.29, 0.717) is 12.3 Å². The van der Waals surface area contributed by atoms with E-state index in [-0.39, 0.29) is 18.0 Å². The second kappa shape index (κ2) is 9.36. The molecule has 1 N–H and O–H groups in total. The molecule has 26 heavy (non-hydrogen) atoms. The van der Waals surface area contributed by atoms with Gasteiger partial charge in [0, 0.05) is 6.54 Å². The molecule has 0 fully saturated rings. The van der Waals surface area contributed by atoms with E-state index in [1.807, 2.05) is 0 Å². The summed E-state index contributed by atoms with van der Waals surface area (Å²) in [6.45, 7) is 5.52. The highest BCUT2D eigenvalue weighted by Gasteiger charge is 2.18. The average Bonchev–Trinajstić information content (AvgIpc) is 2.65. The molecule has 0 aromatic heterocycles. The van der Waals surface area contributed by atoms with Crippen LogP contribution in [0.5, 0.6) is 5.75 Å². The van der Waals surface area contributed by atoms with Gasteiger partial charge in [0.15, 0.2) is 6.10 Å². The third-order valence-corrected chi connectivity index (χ3v) is 3.46. The molecular weight excluding hydrogens is 337 g/mol. The van der Waals surface area contributed by atoms with E-state index >= 15 is 0 Å². The predicted octanol–water partition coefficient (Wildman–Crippen LogP) is 3.25. The van der Waals surface area contributed by atoms with Crippen LogP contribution >= 0.6 is 0 Å². The van der Waals surface area contributed by atoms with Crippen molar-refractivity contribution in [3.63, 3.8) is 0 Å². The molecule has 0 bridgehead atoms. The molecule has 5 nitrogen and oxygen atoms in total. The topological polar surface area (TPSA) is 64.6 Å². The quantitative estimate of drug-likeness (QED) is 0.582. The lowest BCUT2D eigenvalue weighted by Gasteiger charge is -2.13. The molecule has 136 valence electrons. The summed E-state index contributed by atoms with van der Waals surface area (Å²) in [5.74, 6) is -0.877. The first-order chi connectivity index (χ1) is 12.5. The van der Waals surface area contributed by atoms with Gasteiger partial charge in [-0.1, -0.05) is 24.3 Å². The molecule has 1 amide bonds. The molecule has 2 aromatic carbocycles. The van der Waals surface area contributed by atoms with Crippen molar-refractivity contribution in [1.82, 2.24) is 5.32 Å². The zero-order chi connectivity index (χ0) is 18.9. The van der Waals surface area contributed by atoms with Crippen molar-refractivity contribution in [2.24, 2.45) is 0 Å². The van der Waals surface area contributed by atoms with Gasteiger partial charge < -0.3 is 14.8 Å². The maximum Gasteiger partial charge on any atom is 0.339 e. The van der Waals surface area contributed by atoms with E-state index in [1.54, 1.807) is 30.3 Å². The maximum absolute atomic E-state index is 12.9. The Bertz CT molecular complexity index is 774. The Balaban J connectivity index is 1.94. The summed E-state index contributed by atoms with van der Waals surface area (Å²) in [6.07, 6.45) is 0.611. The Kier molecular flexibility index (Phi) is 6.91. The van der Waals surface area contributed by atoms with E-state index in [4.69, 9.17) is 9.47 Å². The fraction of sp³-hybridized carbons (Fsp3) is 0.200. The molecule has 0 saturated carbocycles. The Labute approximate surface area is 151 Å². The van der Waals surface area contributed by atoms with Gasteiger partial charge in [0.1, 0.15) is 18.2 Å². The van der Waals surface area contributed by atoms with Crippen LogP contribution in [-0.2, 0) is 16.1 Å². The largest absolute Gasteiger partial charge is 0.489 e. The van der Waals surface area contributed by atoms with Crippen molar-refractivity contribution in [3.8, 4) is 5.75 Å². The van der Waals surface area contributed by atoms with Crippen molar-refractivity contribution >= 4 is 11.9 Å². The van der Waals surface area contributed by atoms with Crippen molar-refractivity contribution in [1.29, 1.82) is 0 Å². The van der Waals surface area contributed by atoms with Gasteiger partial charge in [0.05, 0.1) is 5.56 Å². The van der Waals surface area contributed by atoms with Gasteiger partial charge >= 0.3 is 5.97 Å². The smallest absolute Gasteiger partial charge is 0.339 e. The maximum atomic E-state index is 12.9. The molecular formula is C20H20FNO4. The van der Waals surface area contributed by atoms with Crippen LogP contribution in [0.25, 0.3) is 0 Å². The first-order valence-corrected chi connectivity index (χ1v) is 8.06. The Morgan fingerprint density at radius 2 is 1.96 bits per heavy atom. The number of esters is 1. The van der Waals surface area contributed by atoms with E-state index in [2.05, 4.69) is 11.9 Å². The molecule has 0 heterocycles. The fourth-order valence-electron chi connectivity index (χ4n) is 2.06. The summed E-state index contributed by atoms with van der Waals surface area (Å²) in [4.78, 5) is 23.9. The molecule has 2 rings (SSSR count). The van der Waals surface area contributed by atoms with Gasteiger partial charge in [0.25, 0.3) is 5.91 Å². The molecule has 6 heteroatoms. The van der Waals surface area contributed by atoms with E-state index in [9.17, 15) is 14.0 Å². The zero-order valence-corrected chi connectivity index (χ0v) is 14.4. The molecule has 0 aliphatic carbocycles. The predicted molar refractivity (Wildman–Crippen MR) is 95.3 cm³/mol. The van der Waals surface area contributed by atoms with Gasteiger partial charge in [0.2, 0.25) is 0 Å². The molecule has 1 unspecified atom stereocenters. The van der Waals surface area contributed by atoms with Crippen LogP contribution in [-0.4, -0.2) is 24.5 Å². The minimum atomic E-state index is -0.925. The summed E-state index contributed by atoms with van der Waals surface area (Å²) < 4.78 is 23.6. The van der Waals surface area contributed by atoms with Crippen LogP contribution in [0.3, 0.4) is 0 Å². The number of carbonyl (C=O) groups is 2. The third-order valence-electron chi connectivity index (χ3n) is 3.46. The van der Waals surface area contributed by atoms with Gasteiger partial charge in [-0.15, -0.1) is 6.58 Å². The monoisotopic (exact) mass is 357 g/mol. The Hall–Kier alpha value is -3.15. The highest BCUT2D eigenvalue weighted by atomic mass is 19.1. The molecule has 1 atom stereocenters. The number of rotatable bonds is 8. The highest BCUT2D eigenvalue weighted by Crippen LogP contribution is 2.17. The zero-order valence-electron chi connectivity index (χ0n) is 14.4. The van der Waals surface area contributed by atoms with Crippen molar-refractivity contribution in [2.75, 3.05) is 6.54 Å². The second-order valence-corrected chi connectivity index (χ2v) is 5.52.